The lowest BCUT2D eigenvalue weighted by Gasteiger charge is -2.22. The zero-order valence-corrected chi connectivity index (χ0v) is 17.4. The van der Waals surface area contributed by atoms with Gasteiger partial charge in [0.1, 0.15) is 11.5 Å². The first-order chi connectivity index (χ1) is 14.8. The fraction of sp³-hybridized carbons (Fsp3) is 0.500. The van der Waals surface area contributed by atoms with Gasteiger partial charge >= 0.3 is 0 Å². The maximum atomic E-state index is 13.3. The van der Waals surface area contributed by atoms with Gasteiger partial charge in [-0.15, -0.1) is 0 Å². The maximum Gasteiger partial charge on any atom is 0.254 e. The monoisotopic (exact) mass is 406 g/mol. The molecule has 1 aromatic heterocycles. The summed E-state index contributed by atoms with van der Waals surface area (Å²) >= 11 is 0. The van der Waals surface area contributed by atoms with Gasteiger partial charge < -0.3 is 15.0 Å². The summed E-state index contributed by atoms with van der Waals surface area (Å²) in [5.41, 5.74) is 1.77. The third-order valence-electron chi connectivity index (χ3n) is 6.22. The molecule has 2 heterocycles. The van der Waals surface area contributed by atoms with Crippen LogP contribution in [0.5, 0.6) is 11.5 Å². The number of rotatable bonds is 7. The van der Waals surface area contributed by atoms with Gasteiger partial charge in [-0.1, -0.05) is 6.07 Å². The summed E-state index contributed by atoms with van der Waals surface area (Å²) in [4.78, 5) is 22.0. The van der Waals surface area contributed by atoms with Crippen LogP contribution < -0.4 is 10.1 Å². The summed E-state index contributed by atoms with van der Waals surface area (Å²) in [5, 5.41) is 3.54. The van der Waals surface area contributed by atoms with Crippen LogP contribution in [0.25, 0.3) is 0 Å². The van der Waals surface area contributed by atoms with Crippen molar-refractivity contribution in [3.63, 3.8) is 0 Å². The van der Waals surface area contributed by atoms with Gasteiger partial charge in [-0.3, -0.25) is 14.7 Å². The van der Waals surface area contributed by atoms with Crippen LogP contribution in [0, 0.1) is 0 Å². The molecule has 1 aromatic carbocycles. The Morgan fingerprint density at radius 2 is 2.00 bits per heavy atom. The molecule has 0 radical (unpaired) electrons. The van der Waals surface area contributed by atoms with E-state index in [0.717, 1.165) is 56.5 Å². The molecule has 2 saturated carbocycles. The second kappa shape index (κ2) is 8.74. The van der Waals surface area contributed by atoms with Crippen molar-refractivity contribution in [2.24, 2.45) is 0 Å². The molecule has 30 heavy (non-hydrogen) atoms. The molecule has 1 amide bonds. The summed E-state index contributed by atoms with van der Waals surface area (Å²) in [6, 6.07) is 11.0. The van der Waals surface area contributed by atoms with E-state index >= 15 is 0 Å². The topological polar surface area (TPSA) is 57.7 Å². The number of nitrogens with zero attached hydrogens (tertiary/aromatic N) is 3. The number of hydrogen-bond acceptors (Lipinski definition) is 5. The second-order valence-electron chi connectivity index (χ2n) is 8.68. The number of carbonyl (C=O) groups is 1. The molecule has 3 aliphatic rings. The number of carbonyl (C=O) groups excluding carboxylic acids is 1. The molecule has 1 aliphatic heterocycles. The Morgan fingerprint density at radius 3 is 2.77 bits per heavy atom. The first kappa shape index (κ1) is 19.5. The minimum Gasteiger partial charge on any atom is -0.455 e. The molecule has 0 unspecified atom stereocenters. The van der Waals surface area contributed by atoms with Crippen LogP contribution in [-0.2, 0) is 6.54 Å². The van der Waals surface area contributed by atoms with Crippen LogP contribution >= 0.6 is 0 Å². The summed E-state index contributed by atoms with van der Waals surface area (Å²) in [5.74, 6) is 1.52. The molecule has 5 rings (SSSR count). The Hall–Kier alpha value is -2.44. The number of ether oxygens (including phenoxy) is 1. The van der Waals surface area contributed by atoms with Crippen molar-refractivity contribution in [1.29, 1.82) is 0 Å². The number of amides is 1. The Balaban J connectivity index is 1.33. The van der Waals surface area contributed by atoms with Gasteiger partial charge in [0.05, 0.1) is 6.20 Å². The van der Waals surface area contributed by atoms with E-state index in [1.54, 1.807) is 12.4 Å². The molecule has 158 valence electrons. The minimum absolute atomic E-state index is 0.102. The van der Waals surface area contributed by atoms with Gasteiger partial charge in [0, 0.05) is 62.1 Å². The number of benzene rings is 1. The second-order valence-corrected chi connectivity index (χ2v) is 8.68. The van der Waals surface area contributed by atoms with E-state index in [-0.39, 0.29) is 5.91 Å². The molecule has 0 spiro atoms. The minimum atomic E-state index is 0.102. The van der Waals surface area contributed by atoms with Crippen LogP contribution in [0.15, 0.2) is 42.7 Å². The van der Waals surface area contributed by atoms with Crippen molar-refractivity contribution in [2.75, 3.05) is 26.2 Å². The summed E-state index contributed by atoms with van der Waals surface area (Å²) < 4.78 is 6.14. The Kier molecular flexibility index (Phi) is 5.69. The lowest BCUT2D eigenvalue weighted by molar-refractivity contribution is 0.0760. The Bertz CT molecular complexity index is 880. The molecule has 0 bridgehead atoms. The number of nitrogens with one attached hydrogen (secondary N) is 1. The first-order valence-corrected chi connectivity index (χ1v) is 11.2. The lowest BCUT2D eigenvalue weighted by Crippen LogP contribution is -2.35. The molecular weight excluding hydrogens is 376 g/mol. The van der Waals surface area contributed by atoms with Crippen LogP contribution in [0.2, 0.25) is 0 Å². The fourth-order valence-electron chi connectivity index (χ4n) is 4.13. The molecule has 6 heteroatoms. The van der Waals surface area contributed by atoms with E-state index in [2.05, 4.69) is 15.2 Å². The van der Waals surface area contributed by atoms with Gasteiger partial charge in [-0.2, -0.15) is 0 Å². The molecule has 2 aliphatic carbocycles. The van der Waals surface area contributed by atoms with Crippen molar-refractivity contribution >= 4 is 5.91 Å². The molecule has 6 nitrogen and oxygen atoms in total. The molecule has 0 atom stereocenters. The zero-order valence-electron chi connectivity index (χ0n) is 17.4. The zero-order chi connectivity index (χ0) is 20.3. The van der Waals surface area contributed by atoms with E-state index in [9.17, 15) is 4.79 Å². The lowest BCUT2D eigenvalue weighted by atomic mass is 10.1. The summed E-state index contributed by atoms with van der Waals surface area (Å²) in [6.07, 6.45) is 9.59. The van der Waals surface area contributed by atoms with Gasteiger partial charge in [-0.05, 0) is 56.4 Å². The summed E-state index contributed by atoms with van der Waals surface area (Å²) in [6.45, 7) is 4.47. The highest BCUT2D eigenvalue weighted by atomic mass is 16.5. The van der Waals surface area contributed by atoms with Crippen LogP contribution in [0.4, 0.5) is 0 Å². The average Bonchev–Trinajstić information content (AvgIpc) is 3.66. The van der Waals surface area contributed by atoms with Crippen molar-refractivity contribution in [3.05, 3.63) is 53.9 Å². The third-order valence-corrected chi connectivity index (χ3v) is 6.22. The van der Waals surface area contributed by atoms with Crippen molar-refractivity contribution in [2.45, 2.75) is 50.7 Å². The first-order valence-electron chi connectivity index (χ1n) is 11.2. The predicted octanol–water partition coefficient (Wildman–Crippen LogP) is 3.44. The normalized spacial score (nSPS) is 20.1. The molecular formula is C24H30N4O2. The van der Waals surface area contributed by atoms with E-state index in [1.165, 1.54) is 25.7 Å². The molecule has 1 saturated heterocycles. The van der Waals surface area contributed by atoms with Gasteiger partial charge in [0.2, 0.25) is 0 Å². The predicted molar refractivity (Wildman–Crippen MR) is 116 cm³/mol. The maximum absolute atomic E-state index is 13.3. The standard InChI is InChI=1S/C24H30N4O2/c29-24(28-12-2-11-27(13-14-28)21-8-9-21)18-4-5-19(16-26-20-6-7-20)23(15-18)30-22-3-1-10-25-17-22/h1,3-5,10,15,17,20-21,26H,2,6-9,11-14,16H2. The van der Waals surface area contributed by atoms with E-state index in [0.29, 0.717) is 17.4 Å². The van der Waals surface area contributed by atoms with Crippen LogP contribution in [0.1, 0.15) is 48.0 Å². The van der Waals surface area contributed by atoms with Crippen molar-refractivity contribution < 1.29 is 9.53 Å². The highest BCUT2D eigenvalue weighted by Crippen LogP contribution is 2.30. The Labute approximate surface area is 178 Å². The summed E-state index contributed by atoms with van der Waals surface area (Å²) in [7, 11) is 0. The van der Waals surface area contributed by atoms with E-state index in [1.807, 2.05) is 35.2 Å². The quantitative estimate of drug-likeness (QED) is 0.763. The van der Waals surface area contributed by atoms with Crippen molar-refractivity contribution in [3.8, 4) is 11.5 Å². The fourth-order valence-corrected chi connectivity index (χ4v) is 4.13. The Morgan fingerprint density at radius 1 is 1.10 bits per heavy atom. The highest BCUT2D eigenvalue weighted by Gasteiger charge is 2.31. The SMILES string of the molecule is O=C(c1ccc(CNC2CC2)c(Oc2cccnc2)c1)N1CCCN(C2CC2)CC1. The van der Waals surface area contributed by atoms with Crippen LogP contribution in [-0.4, -0.2) is 59.0 Å². The van der Waals surface area contributed by atoms with Gasteiger partial charge in [0.25, 0.3) is 5.91 Å². The van der Waals surface area contributed by atoms with Crippen molar-refractivity contribution in [1.82, 2.24) is 20.1 Å². The molecule has 1 N–H and O–H groups in total. The molecule has 2 aromatic rings. The largest absolute Gasteiger partial charge is 0.455 e. The van der Waals surface area contributed by atoms with Crippen LogP contribution in [0.3, 0.4) is 0 Å². The van der Waals surface area contributed by atoms with Gasteiger partial charge in [0.15, 0.2) is 0 Å². The molecule has 3 fully saturated rings. The number of hydrogen-bond donors (Lipinski definition) is 1. The highest BCUT2D eigenvalue weighted by molar-refractivity contribution is 5.94. The van der Waals surface area contributed by atoms with Gasteiger partial charge in [-0.25, -0.2) is 0 Å². The van der Waals surface area contributed by atoms with E-state index in [4.69, 9.17) is 4.74 Å². The number of pyridine rings is 1. The number of aromatic nitrogens is 1. The smallest absolute Gasteiger partial charge is 0.254 e. The third kappa shape index (κ3) is 4.82. The van der Waals surface area contributed by atoms with E-state index < -0.39 is 0 Å². The average molecular weight is 407 g/mol.